The van der Waals surface area contributed by atoms with Gasteiger partial charge in [0.05, 0.1) is 17.6 Å². The number of hydrogen-bond donors (Lipinski definition) is 1. The van der Waals surface area contributed by atoms with E-state index >= 15 is 0 Å². The molecule has 3 aromatic rings. The number of carbonyl (C=O) groups excluding carboxylic acids is 1. The maximum absolute atomic E-state index is 12.5. The van der Waals surface area contributed by atoms with Crippen LogP contribution in [-0.4, -0.2) is 28.9 Å². The number of fused-ring (bicyclic) bond motifs is 2. The molecule has 138 valence electrons. The second-order valence-electron chi connectivity index (χ2n) is 6.39. The van der Waals surface area contributed by atoms with Crippen LogP contribution in [0.3, 0.4) is 0 Å². The van der Waals surface area contributed by atoms with Gasteiger partial charge in [0.2, 0.25) is 5.91 Å². The van der Waals surface area contributed by atoms with Crippen LogP contribution in [0.15, 0.2) is 53.5 Å². The predicted octanol–water partition coefficient (Wildman–Crippen LogP) is 2.05. The van der Waals surface area contributed by atoms with Gasteiger partial charge in [0.25, 0.3) is 5.56 Å². The van der Waals surface area contributed by atoms with Gasteiger partial charge in [0.15, 0.2) is 11.5 Å². The third-order valence-corrected chi connectivity index (χ3v) is 4.50. The van der Waals surface area contributed by atoms with Gasteiger partial charge in [0.1, 0.15) is 19.8 Å². The molecule has 0 radical (unpaired) electrons. The highest BCUT2D eigenvalue weighted by atomic mass is 16.6. The highest BCUT2D eigenvalue weighted by Crippen LogP contribution is 2.32. The van der Waals surface area contributed by atoms with E-state index in [1.807, 2.05) is 37.3 Å². The maximum atomic E-state index is 12.5. The van der Waals surface area contributed by atoms with E-state index in [0.717, 1.165) is 10.9 Å². The molecular weight excluding hydrogens is 346 g/mol. The molecule has 0 saturated heterocycles. The zero-order chi connectivity index (χ0) is 18.8. The van der Waals surface area contributed by atoms with Crippen molar-refractivity contribution in [3.05, 3.63) is 64.6 Å². The van der Waals surface area contributed by atoms with E-state index in [-0.39, 0.29) is 24.1 Å². The molecule has 1 aliphatic rings. The van der Waals surface area contributed by atoms with Crippen molar-refractivity contribution in [1.29, 1.82) is 0 Å². The Bertz CT molecular complexity index is 1060. The van der Waals surface area contributed by atoms with E-state index in [2.05, 4.69) is 10.4 Å². The lowest BCUT2D eigenvalue weighted by atomic mass is 10.1. The Labute approximate surface area is 155 Å². The summed E-state index contributed by atoms with van der Waals surface area (Å²) in [5, 5.41) is 8.28. The second-order valence-corrected chi connectivity index (χ2v) is 6.39. The molecule has 1 amide bonds. The first-order valence-electron chi connectivity index (χ1n) is 8.75. The summed E-state index contributed by atoms with van der Waals surface area (Å²) in [6, 6.07) is 12.5. The molecular formula is C20H19N3O4. The van der Waals surface area contributed by atoms with Gasteiger partial charge in [-0.2, -0.15) is 5.10 Å². The zero-order valence-corrected chi connectivity index (χ0v) is 14.8. The molecule has 1 N–H and O–H groups in total. The maximum Gasteiger partial charge on any atom is 0.275 e. The SMILES string of the molecule is C[C@H](NC(=O)Cn1ncc2ccccc2c1=O)c1ccc2c(c1)OCCO2. The van der Waals surface area contributed by atoms with Gasteiger partial charge in [0, 0.05) is 5.39 Å². The lowest BCUT2D eigenvalue weighted by Crippen LogP contribution is -2.35. The van der Waals surface area contributed by atoms with Crippen LogP contribution in [-0.2, 0) is 11.3 Å². The lowest BCUT2D eigenvalue weighted by molar-refractivity contribution is -0.122. The molecule has 1 aliphatic heterocycles. The molecule has 1 atom stereocenters. The van der Waals surface area contributed by atoms with Crippen LogP contribution >= 0.6 is 0 Å². The Kier molecular flexibility index (Phi) is 4.50. The van der Waals surface area contributed by atoms with Gasteiger partial charge in [-0.3, -0.25) is 9.59 Å². The first kappa shape index (κ1) is 17.1. The van der Waals surface area contributed by atoms with E-state index < -0.39 is 0 Å². The summed E-state index contributed by atoms with van der Waals surface area (Å²) in [6.45, 7) is 2.78. The number of aromatic nitrogens is 2. The number of benzene rings is 2. The number of nitrogens with one attached hydrogen (secondary N) is 1. The molecule has 0 unspecified atom stereocenters. The highest BCUT2D eigenvalue weighted by Gasteiger charge is 2.16. The monoisotopic (exact) mass is 365 g/mol. The van der Waals surface area contributed by atoms with Crippen LogP contribution in [0.25, 0.3) is 10.8 Å². The van der Waals surface area contributed by atoms with Crippen LogP contribution < -0.4 is 20.3 Å². The minimum atomic E-state index is -0.290. The fourth-order valence-corrected chi connectivity index (χ4v) is 3.08. The van der Waals surface area contributed by atoms with E-state index in [0.29, 0.717) is 30.1 Å². The number of amides is 1. The van der Waals surface area contributed by atoms with E-state index in [9.17, 15) is 9.59 Å². The summed E-state index contributed by atoms with van der Waals surface area (Å²) in [7, 11) is 0. The fraction of sp³-hybridized carbons (Fsp3) is 0.250. The summed E-state index contributed by atoms with van der Waals surface area (Å²) < 4.78 is 12.3. The second kappa shape index (κ2) is 7.11. The molecule has 2 heterocycles. The number of rotatable bonds is 4. The van der Waals surface area contributed by atoms with Crippen molar-refractivity contribution < 1.29 is 14.3 Å². The lowest BCUT2D eigenvalue weighted by Gasteiger charge is -2.21. The largest absolute Gasteiger partial charge is 0.486 e. The van der Waals surface area contributed by atoms with Gasteiger partial charge >= 0.3 is 0 Å². The molecule has 2 aromatic carbocycles. The molecule has 0 aliphatic carbocycles. The summed E-state index contributed by atoms with van der Waals surface area (Å²) in [4.78, 5) is 24.9. The van der Waals surface area contributed by atoms with E-state index in [4.69, 9.17) is 9.47 Å². The first-order chi connectivity index (χ1) is 13.1. The summed E-state index contributed by atoms with van der Waals surface area (Å²) in [5.41, 5.74) is 0.613. The Morgan fingerprint density at radius 3 is 2.81 bits per heavy atom. The standard InChI is InChI=1S/C20H19N3O4/c1-13(14-6-7-17-18(10-14)27-9-8-26-17)22-19(24)12-23-20(25)16-5-3-2-4-15(16)11-21-23/h2-7,10-11,13H,8-9,12H2,1H3,(H,22,24)/t13-/m0/s1. The van der Waals surface area contributed by atoms with E-state index in [1.165, 1.54) is 4.68 Å². The Hall–Kier alpha value is -3.35. The van der Waals surface area contributed by atoms with Gasteiger partial charge in [-0.1, -0.05) is 24.3 Å². The van der Waals surface area contributed by atoms with Gasteiger partial charge < -0.3 is 14.8 Å². The van der Waals surface area contributed by atoms with Crippen molar-refractivity contribution >= 4 is 16.7 Å². The molecule has 27 heavy (non-hydrogen) atoms. The summed E-state index contributed by atoms with van der Waals surface area (Å²) >= 11 is 0. The van der Waals surface area contributed by atoms with Crippen molar-refractivity contribution in [2.75, 3.05) is 13.2 Å². The normalized spacial score (nSPS) is 14.0. The van der Waals surface area contributed by atoms with Crippen LogP contribution in [0.1, 0.15) is 18.5 Å². The number of hydrogen-bond acceptors (Lipinski definition) is 5. The average molecular weight is 365 g/mol. The third kappa shape index (κ3) is 3.48. The highest BCUT2D eigenvalue weighted by molar-refractivity contribution is 5.81. The first-order valence-corrected chi connectivity index (χ1v) is 8.75. The molecule has 1 aromatic heterocycles. The van der Waals surface area contributed by atoms with Crippen LogP contribution in [0, 0.1) is 0 Å². The van der Waals surface area contributed by atoms with Crippen LogP contribution in [0.2, 0.25) is 0 Å². The van der Waals surface area contributed by atoms with Crippen molar-refractivity contribution in [1.82, 2.24) is 15.1 Å². The number of nitrogens with zero attached hydrogens (tertiary/aromatic N) is 2. The van der Waals surface area contributed by atoms with Crippen molar-refractivity contribution in [3.8, 4) is 11.5 Å². The van der Waals surface area contributed by atoms with Crippen LogP contribution in [0.4, 0.5) is 0 Å². The molecule has 0 spiro atoms. The molecule has 0 saturated carbocycles. The molecule has 0 fully saturated rings. The van der Waals surface area contributed by atoms with Gasteiger partial charge in [-0.15, -0.1) is 0 Å². The Balaban J connectivity index is 1.48. The van der Waals surface area contributed by atoms with Crippen molar-refractivity contribution in [2.24, 2.45) is 0 Å². The average Bonchev–Trinajstić information content (AvgIpc) is 2.70. The molecule has 7 heteroatoms. The minimum Gasteiger partial charge on any atom is -0.486 e. The quantitative estimate of drug-likeness (QED) is 0.765. The van der Waals surface area contributed by atoms with E-state index in [1.54, 1.807) is 18.3 Å². The summed E-state index contributed by atoms with van der Waals surface area (Å²) in [6.07, 6.45) is 1.59. The molecule has 0 bridgehead atoms. The smallest absolute Gasteiger partial charge is 0.275 e. The number of ether oxygens (including phenoxy) is 2. The predicted molar refractivity (Wildman–Crippen MR) is 100.0 cm³/mol. The van der Waals surface area contributed by atoms with Gasteiger partial charge in [-0.05, 0) is 30.7 Å². The topological polar surface area (TPSA) is 82.5 Å². The van der Waals surface area contributed by atoms with Crippen molar-refractivity contribution in [2.45, 2.75) is 19.5 Å². The molecule has 4 rings (SSSR count). The minimum absolute atomic E-state index is 0.140. The van der Waals surface area contributed by atoms with Crippen LogP contribution in [0.5, 0.6) is 11.5 Å². The Morgan fingerprint density at radius 2 is 1.96 bits per heavy atom. The third-order valence-electron chi connectivity index (χ3n) is 4.50. The fourth-order valence-electron chi connectivity index (χ4n) is 3.08. The number of carbonyl (C=O) groups is 1. The summed E-state index contributed by atoms with van der Waals surface area (Å²) in [5.74, 6) is 1.09. The Morgan fingerprint density at radius 1 is 1.19 bits per heavy atom. The molecule has 7 nitrogen and oxygen atoms in total. The zero-order valence-electron chi connectivity index (χ0n) is 14.8. The van der Waals surface area contributed by atoms with Gasteiger partial charge in [-0.25, -0.2) is 4.68 Å². The van der Waals surface area contributed by atoms with Crippen molar-refractivity contribution in [3.63, 3.8) is 0 Å².